The first-order valence-electron chi connectivity index (χ1n) is 14.8. The smallest absolute Gasteiger partial charge is 0.410 e. The Kier molecular flexibility index (Phi) is 10.2. The number of hydrogen-bond acceptors (Lipinski definition) is 10. The maximum absolute atomic E-state index is 12.5. The van der Waals surface area contributed by atoms with Crippen molar-refractivity contribution in [3.63, 3.8) is 0 Å². The summed E-state index contributed by atoms with van der Waals surface area (Å²) >= 11 is 0. The number of piperazine rings is 2. The molecule has 0 radical (unpaired) electrons. The Morgan fingerprint density at radius 2 is 1.43 bits per heavy atom. The number of methoxy groups -OCH3 is 1. The van der Waals surface area contributed by atoms with Crippen LogP contribution in [0.2, 0.25) is 0 Å². The number of benzene rings is 1. The van der Waals surface area contributed by atoms with Crippen LogP contribution in [0.4, 0.5) is 32.6 Å². The summed E-state index contributed by atoms with van der Waals surface area (Å²) < 4.78 is 10.2. The first-order valence-corrected chi connectivity index (χ1v) is 14.8. The molecule has 0 atom stereocenters. The van der Waals surface area contributed by atoms with Gasteiger partial charge in [-0.15, -0.1) is 0 Å². The molecule has 2 saturated heterocycles. The first-order chi connectivity index (χ1) is 22.3. The molecule has 0 aliphatic carbocycles. The maximum Gasteiger partial charge on any atom is 0.410 e. The van der Waals surface area contributed by atoms with Gasteiger partial charge >= 0.3 is 12.2 Å². The van der Waals surface area contributed by atoms with Crippen LogP contribution in [0.5, 0.6) is 0 Å². The highest BCUT2D eigenvalue weighted by Crippen LogP contribution is 2.21. The summed E-state index contributed by atoms with van der Waals surface area (Å²) in [7, 11) is 1.37. The number of amides is 2. The van der Waals surface area contributed by atoms with E-state index in [0.29, 0.717) is 64.0 Å². The molecule has 0 unspecified atom stereocenters. The number of carbonyl (C=O) groups is 2. The minimum atomic E-state index is -0.337. The molecule has 1 aromatic carbocycles. The number of aromatic nitrogens is 2. The molecule has 0 spiro atoms. The molecule has 46 heavy (non-hydrogen) atoms. The van der Waals surface area contributed by atoms with E-state index in [2.05, 4.69) is 30.2 Å². The van der Waals surface area contributed by atoms with Crippen molar-refractivity contribution in [1.29, 1.82) is 5.41 Å². The van der Waals surface area contributed by atoms with Crippen molar-refractivity contribution < 1.29 is 19.1 Å². The molecule has 6 N–H and O–H groups in total. The number of nitrogens with zero attached hydrogens (tertiary/aromatic N) is 8. The predicted molar refractivity (Wildman–Crippen MR) is 174 cm³/mol. The Morgan fingerprint density at radius 3 is 1.96 bits per heavy atom. The fourth-order valence-electron chi connectivity index (χ4n) is 5.07. The third-order valence-electron chi connectivity index (χ3n) is 7.58. The van der Waals surface area contributed by atoms with Crippen molar-refractivity contribution in [2.75, 3.05) is 74.3 Å². The molecule has 0 saturated carbocycles. The second-order valence-electron chi connectivity index (χ2n) is 10.5. The molecule has 2 aliphatic heterocycles. The van der Waals surface area contributed by atoms with Crippen molar-refractivity contribution in [3.8, 4) is 0 Å². The van der Waals surface area contributed by atoms with E-state index in [1.54, 1.807) is 34.3 Å². The maximum atomic E-state index is 12.5. The summed E-state index contributed by atoms with van der Waals surface area (Å²) in [6, 6.07) is 16.8. The highest BCUT2D eigenvalue weighted by molar-refractivity contribution is 5.95. The van der Waals surface area contributed by atoms with Crippen LogP contribution in [0.3, 0.4) is 0 Å². The summed E-state index contributed by atoms with van der Waals surface area (Å²) in [5, 5.41) is 9.22. The third kappa shape index (κ3) is 8.02. The lowest BCUT2D eigenvalue weighted by atomic mass is 10.2. The number of nitrogens with two attached hydrogens (primary N) is 2. The minimum absolute atomic E-state index is 0.0390. The van der Waals surface area contributed by atoms with Gasteiger partial charge in [0.2, 0.25) is 11.9 Å². The van der Waals surface area contributed by atoms with Crippen LogP contribution in [-0.4, -0.2) is 103 Å². The van der Waals surface area contributed by atoms with Crippen LogP contribution in [0, 0.1) is 5.41 Å². The SMILES string of the molecule is COC(=O)N1CCN(c2ccc(N(NC(N)=Nc3ccc(N4CCN(C(=O)OCc5ccccc5)CC4)cn3)C(=N)N)nc2)CC1. The van der Waals surface area contributed by atoms with Crippen molar-refractivity contribution in [2.24, 2.45) is 16.5 Å². The van der Waals surface area contributed by atoms with E-state index in [1.165, 1.54) is 12.1 Å². The van der Waals surface area contributed by atoms with E-state index in [9.17, 15) is 9.59 Å². The molecule has 2 fully saturated rings. The lowest BCUT2D eigenvalue weighted by molar-refractivity contribution is 0.0942. The number of rotatable bonds is 6. The highest BCUT2D eigenvalue weighted by atomic mass is 16.6. The molecule has 3 aromatic rings. The second kappa shape index (κ2) is 14.8. The molecule has 242 valence electrons. The van der Waals surface area contributed by atoms with Gasteiger partial charge in [0.1, 0.15) is 6.61 Å². The van der Waals surface area contributed by atoms with Crippen LogP contribution >= 0.6 is 0 Å². The molecular formula is C30H38N12O4. The Labute approximate surface area is 266 Å². The number of hydrazine groups is 1. The molecule has 2 amide bonds. The number of pyridine rings is 2. The number of hydrogen-bond donors (Lipinski definition) is 4. The van der Waals surface area contributed by atoms with Gasteiger partial charge in [-0.1, -0.05) is 30.3 Å². The number of ether oxygens (including phenoxy) is 2. The van der Waals surface area contributed by atoms with Gasteiger partial charge in [0.25, 0.3) is 0 Å². The van der Waals surface area contributed by atoms with Crippen molar-refractivity contribution in [1.82, 2.24) is 25.2 Å². The predicted octanol–water partition coefficient (Wildman–Crippen LogP) is 1.67. The molecule has 16 heteroatoms. The molecule has 0 bridgehead atoms. The molecule has 4 heterocycles. The number of anilines is 3. The Balaban J connectivity index is 1.11. The Bertz CT molecular complexity index is 1510. The van der Waals surface area contributed by atoms with Gasteiger partial charge in [-0.05, 0) is 29.8 Å². The van der Waals surface area contributed by atoms with Gasteiger partial charge in [0, 0.05) is 52.4 Å². The van der Waals surface area contributed by atoms with Gasteiger partial charge in [0.15, 0.2) is 11.6 Å². The zero-order chi connectivity index (χ0) is 32.5. The fraction of sp³-hybridized carbons (Fsp3) is 0.333. The molecule has 16 nitrogen and oxygen atoms in total. The summed E-state index contributed by atoms with van der Waals surface area (Å²) in [6.07, 6.45) is 2.71. The topological polar surface area (TPSA) is 195 Å². The lowest BCUT2D eigenvalue weighted by Crippen LogP contribution is -2.52. The fourth-order valence-corrected chi connectivity index (χ4v) is 5.07. The third-order valence-corrected chi connectivity index (χ3v) is 7.58. The van der Waals surface area contributed by atoms with Gasteiger partial charge in [0.05, 0.1) is 30.9 Å². The molecular weight excluding hydrogens is 592 g/mol. The Morgan fingerprint density at radius 1 is 0.848 bits per heavy atom. The monoisotopic (exact) mass is 630 g/mol. The standard InChI is InChI=1S/C30H38N12O4/c1-45-29(43)40-15-11-39(12-16-40)24-8-10-26(35-20-24)42(27(31)32)37-28(33)36-25-9-7-23(19-34-25)38-13-17-41(18-14-38)30(44)46-21-22-5-3-2-4-6-22/h2-10,19-20H,11-18,21H2,1H3,(H3,31,32)(H3,33,34,36,37). The van der Waals surface area contributed by atoms with Crippen LogP contribution in [0.15, 0.2) is 72.0 Å². The Hall–Kier alpha value is -5.80. The molecule has 2 aromatic heterocycles. The molecule has 2 aliphatic rings. The number of nitrogens with one attached hydrogen (secondary N) is 2. The first kappa shape index (κ1) is 31.6. The summed E-state index contributed by atoms with van der Waals surface area (Å²) in [6.45, 7) is 4.94. The van der Waals surface area contributed by atoms with Crippen molar-refractivity contribution in [2.45, 2.75) is 6.61 Å². The van der Waals surface area contributed by atoms with Gasteiger partial charge < -0.3 is 40.5 Å². The van der Waals surface area contributed by atoms with Crippen molar-refractivity contribution in [3.05, 3.63) is 72.6 Å². The second-order valence-corrected chi connectivity index (χ2v) is 10.5. The normalized spacial score (nSPS) is 15.3. The van der Waals surface area contributed by atoms with Crippen LogP contribution < -0.4 is 31.7 Å². The van der Waals surface area contributed by atoms with E-state index < -0.39 is 0 Å². The molecule has 5 rings (SSSR count). The zero-order valence-corrected chi connectivity index (χ0v) is 25.6. The zero-order valence-electron chi connectivity index (χ0n) is 25.6. The highest BCUT2D eigenvalue weighted by Gasteiger charge is 2.24. The van der Waals surface area contributed by atoms with E-state index in [1.807, 2.05) is 42.5 Å². The van der Waals surface area contributed by atoms with E-state index >= 15 is 0 Å². The quantitative estimate of drug-likeness (QED) is 0.175. The van der Waals surface area contributed by atoms with E-state index in [0.717, 1.165) is 16.9 Å². The number of aliphatic imine (C=N–C) groups is 1. The lowest BCUT2D eigenvalue weighted by Gasteiger charge is -2.35. The van der Waals surface area contributed by atoms with Gasteiger partial charge in [-0.3, -0.25) is 10.8 Å². The van der Waals surface area contributed by atoms with Crippen LogP contribution in [-0.2, 0) is 16.1 Å². The summed E-state index contributed by atoms with van der Waals surface area (Å²) in [5.74, 6) is 0.322. The van der Waals surface area contributed by atoms with E-state index in [-0.39, 0.29) is 30.7 Å². The average Bonchev–Trinajstić information content (AvgIpc) is 3.10. The van der Waals surface area contributed by atoms with Crippen LogP contribution in [0.1, 0.15) is 5.56 Å². The van der Waals surface area contributed by atoms with Gasteiger partial charge in [-0.25, -0.2) is 24.6 Å². The largest absolute Gasteiger partial charge is 0.453 e. The minimum Gasteiger partial charge on any atom is -0.453 e. The summed E-state index contributed by atoms with van der Waals surface area (Å²) in [4.78, 5) is 45.0. The number of carbonyl (C=O) groups excluding carboxylic acids is 2. The van der Waals surface area contributed by atoms with Crippen LogP contribution in [0.25, 0.3) is 0 Å². The van der Waals surface area contributed by atoms with E-state index in [4.69, 9.17) is 26.4 Å². The number of guanidine groups is 2. The van der Waals surface area contributed by atoms with Crippen molar-refractivity contribution >= 4 is 47.1 Å². The average molecular weight is 631 g/mol. The summed E-state index contributed by atoms with van der Waals surface area (Å²) in [5.41, 5.74) is 17.4. The van der Waals surface area contributed by atoms with Gasteiger partial charge in [-0.2, -0.15) is 4.99 Å².